The van der Waals surface area contributed by atoms with Crippen LogP contribution in [0, 0.1) is 13.8 Å². The van der Waals surface area contributed by atoms with Gasteiger partial charge in [-0.2, -0.15) is 4.57 Å². The molecule has 1 heterocycles. The maximum Gasteiger partial charge on any atom is 0.220 e. The van der Waals surface area contributed by atoms with Gasteiger partial charge >= 0.3 is 0 Å². The number of aryl methyl sites for hydroxylation is 3. The van der Waals surface area contributed by atoms with Crippen molar-refractivity contribution in [3.8, 4) is 11.3 Å². The van der Waals surface area contributed by atoms with Gasteiger partial charge in [0.2, 0.25) is 5.69 Å². The summed E-state index contributed by atoms with van der Waals surface area (Å²) in [5, 5.41) is 2.28. The SMILES string of the molecule is [2H]c1c(C)[n+](C)c(-c2cc3c(cc2C)CCC3)c2ccc(C(C)CC)cc12. The molecule has 0 radical (unpaired) electrons. The van der Waals surface area contributed by atoms with Gasteiger partial charge in [0, 0.05) is 13.0 Å². The Labute approximate surface area is 159 Å². The lowest BCUT2D eigenvalue weighted by Gasteiger charge is -2.14. The van der Waals surface area contributed by atoms with Gasteiger partial charge in [0.05, 0.1) is 12.3 Å². The first-order valence-electron chi connectivity index (χ1n) is 10.5. The predicted molar refractivity (Wildman–Crippen MR) is 111 cm³/mol. The summed E-state index contributed by atoms with van der Waals surface area (Å²) in [5.74, 6) is 0.522. The molecule has 1 aromatic heterocycles. The van der Waals surface area contributed by atoms with Crippen molar-refractivity contribution in [1.82, 2.24) is 0 Å². The van der Waals surface area contributed by atoms with Gasteiger partial charge in [0.1, 0.15) is 7.05 Å². The highest BCUT2D eigenvalue weighted by atomic mass is 14.9. The first kappa shape index (κ1) is 16.1. The molecule has 0 spiro atoms. The van der Waals surface area contributed by atoms with Crippen LogP contribution in [0.1, 0.15) is 61.9 Å². The van der Waals surface area contributed by atoms with Crippen LogP contribution in [0.4, 0.5) is 0 Å². The van der Waals surface area contributed by atoms with Crippen molar-refractivity contribution >= 4 is 10.8 Å². The van der Waals surface area contributed by atoms with E-state index in [9.17, 15) is 0 Å². The molecule has 3 aromatic rings. The van der Waals surface area contributed by atoms with E-state index in [-0.39, 0.29) is 0 Å². The van der Waals surface area contributed by atoms with Crippen LogP contribution in [0.5, 0.6) is 0 Å². The van der Waals surface area contributed by atoms with E-state index < -0.39 is 0 Å². The zero-order valence-electron chi connectivity index (χ0n) is 17.7. The van der Waals surface area contributed by atoms with Gasteiger partial charge in [-0.3, -0.25) is 0 Å². The van der Waals surface area contributed by atoms with Crippen LogP contribution >= 0.6 is 0 Å². The second kappa shape index (κ2) is 6.54. The molecule has 0 N–H and O–H groups in total. The second-order valence-corrected chi connectivity index (χ2v) is 8.02. The predicted octanol–water partition coefficient (Wildman–Crippen LogP) is 5.95. The summed E-state index contributed by atoms with van der Waals surface area (Å²) >= 11 is 0. The minimum Gasteiger partial charge on any atom is -0.198 e. The molecular formula is C25H30N+. The average Bonchev–Trinajstić information content (AvgIpc) is 3.12. The summed E-state index contributed by atoms with van der Waals surface area (Å²) < 4.78 is 11.0. The van der Waals surface area contributed by atoms with E-state index in [0.29, 0.717) is 12.0 Å². The third kappa shape index (κ3) is 2.74. The maximum absolute atomic E-state index is 8.74. The number of fused-ring (bicyclic) bond motifs is 2. The lowest BCUT2D eigenvalue weighted by Crippen LogP contribution is -2.35. The molecule has 2 aromatic carbocycles. The highest BCUT2D eigenvalue weighted by Gasteiger charge is 2.22. The Kier molecular flexibility index (Phi) is 4.04. The standard InChI is InChI=1S/C25H30N/c1-6-16(2)19-10-11-23-22(14-19)13-18(4)26(5)25(23)24-15-21-9-7-8-20(21)12-17(24)3/h10-16H,6-9H2,1-5H3/q+1/i13D. The maximum atomic E-state index is 8.74. The van der Waals surface area contributed by atoms with Gasteiger partial charge in [-0.05, 0) is 78.3 Å². The molecule has 1 aliphatic carbocycles. The topological polar surface area (TPSA) is 3.88 Å². The Bertz CT molecular complexity index is 1050. The van der Waals surface area contributed by atoms with Crippen LogP contribution in [0.25, 0.3) is 22.0 Å². The number of pyridine rings is 1. The fraction of sp³-hybridized carbons (Fsp3) is 0.400. The van der Waals surface area contributed by atoms with Gasteiger partial charge in [-0.15, -0.1) is 0 Å². The van der Waals surface area contributed by atoms with Crippen molar-refractivity contribution in [3.63, 3.8) is 0 Å². The number of nitrogens with zero attached hydrogens (tertiary/aromatic N) is 1. The first-order valence-corrected chi connectivity index (χ1v) is 9.98. The highest BCUT2D eigenvalue weighted by molar-refractivity contribution is 5.94. The van der Waals surface area contributed by atoms with Crippen molar-refractivity contribution in [2.24, 2.45) is 7.05 Å². The number of hydrogen-bond donors (Lipinski definition) is 0. The van der Waals surface area contributed by atoms with E-state index in [0.717, 1.165) is 17.5 Å². The Morgan fingerprint density at radius 3 is 2.58 bits per heavy atom. The molecule has 1 aliphatic rings. The van der Waals surface area contributed by atoms with E-state index in [1.54, 1.807) is 0 Å². The van der Waals surface area contributed by atoms with Crippen molar-refractivity contribution in [2.75, 3.05) is 0 Å². The summed E-state index contributed by atoms with van der Waals surface area (Å²) in [6.07, 6.45) is 4.80. The molecule has 1 unspecified atom stereocenters. The Balaban J connectivity index is 2.04. The van der Waals surface area contributed by atoms with Crippen LogP contribution in [-0.2, 0) is 19.9 Å². The lowest BCUT2D eigenvalue weighted by molar-refractivity contribution is -0.665. The van der Waals surface area contributed by atoms with Crippen molar-refractivity contribution in [3.05, 3.63) is 64.3 Å². The van der Waals surface area contributed by atoms with Crippen LogP contribution in [0.3, 0.4) is 0 Å². The van der Waals surface area contributed by atoms with E-state index in [1.807, 2.05) is 0 Å². The lowest BCUT2D eigenvalue weighted by atomic mass is 9.92. The number of benzene rings is 2. The molecule has 26 heavy (non-hydrogen) atoms. The van der Waals surface area contributed by atoms with Crippen LogP contribution in [0.2, 0.25) is 0 Å². The summed E-state index contributed by atoms with van der Waals surface area (Å²) in [4.78, 5) is 0. The normalized spacial score (nSPS) is 15.2. The molecule has 134 valence electrons. The average molecular weight is 346 g/mol. The summed E-state index contributed by atoms with van der Waals surface area (Å²) in [5.41, 5.74) is 9.31. The quantitative estimate of drug-likeness (QED) is 0.516. The monoisotopic (exact) mass is 345 g/mol. The molecule has 4 rings (SSSR count). The molecule has 0 bridgehead atoms. The van der Waals surface area contributed by atoms with Gasteiger partial charge < -0.3 is 0 Å². The number of aromatic nitrogens is 1. The van der Waals surface area contributed by atoms with Crippen LogP contribution in [-0.4, -0.2) is 0 Å². The van der Waals surface area contributed by atoms with Crippen molar-refractivity contribution < 1.29 is 5.94 Å². The zero-order valence-corrected chi connectivity index (χ0v) is 16.7. The highest BCUT2D eigenvalue weighted by Crippen LogP contribution is 2.34. The third-order valence-electron chi connectivity index (χ3n) is 6.33. The summed E-state index contributed by atoms with van der Waals surface area (Å²) in [6, 6.07) is 12.2. The Morgan fingerprint density at radius 2 is 1.85 bits per heavy atom. The molecule has 0 fully saturated rings. The number of hydrogen-bond acceptors (Lipinski definition) is 0. The van der Waals surface area contributed by atoms with Crippen LogP contribution in [0.15, 0.2) is 36.4 Å². The van der Waals surface area contributed by atoms with E-state index >= 15 is 0 Å². The molecule has 1 heteroatoms. The molecule has 0 amide bonds. The first-order chi connectivity index (χ1) is 12.9. The Hall–Kier alpha value is -2.15. The second-order valence-electron chi connectivity index (χ2n) is 8.02. The van der Waals surface area contributed by atoms with Crippen molar-refractivity contribution in [1.29, 1.82) is 0 Å². The van der Waals surface area contributed by atoms with E-state index in [1.165, 1.54) is 58.2 Å². The molecular weight excluding hydrogens is 314 g/mol. The zero-order chi connectivity index (χ0) is 19.3. The Morgan fingerprint density at radius 1 is 1.12 bits per heavy atom. The summed E-state index contributed by atoms with van der Waals surface area (Å²) in [7, 11) is 2.11. The fourth-order valence-electron chi connectivity index (χ4n) is 4.37. The van der Waals surface area contributed by atoms with Crippen molar-refractivity contribution in [2.45, 2.75) is 59.3 Å². The minimum atomic E-state index is 0.522. The molecule has 0 saturated heterocycles. The minimum absolute atomic E-state index is 0.522. The number of rotatable bonds is 3. The fourth-order valence-corrected chi connectivity index (χ4v) is 4.37. The molecule has 1 atom stereocenters. The summed E-state index contributed by atoms with van der Waals surface area (Å²) in [6.45, 7) is 8.80. The third-order valence-corrected chi connectivity index (χ3v) is 6.33. The van der Waals surface area contributed by atoms with E-state index in [4.69, 9.17) is 1.37 Å². The molecule has 0 saturated carbocycles. The van der Waals surface area contributed by atoms with Gasteiger partial charge in [0.25, 0.3) is 0 Å². The van der Waals surface area contributed by atoms with E-state index in [2.05, 4.69) is 69.6 Å². The van der Waals surface area contributed by atoms with Gasteiger partial charge in [-0.25, -0.2) is 0 Å². The smallest absolute Gasteiger partial charge is 0.198 e. The van der Waals surface area contributed by atoms with Crippen LogP contribution < -0.4 is 4.57 Å². The van der Waals surface area contributed by atoms with Gasteiger partial charge in [-0.1, -0.05) is 32.0 Å². The molecule has 0 aliphatic heterocycles. The van der Waals surface area contributed by atoms with Gasteiger partial charge in [0.15, 0.2) is 5.69 Å². The largest absolute Gasteiger partial charge is 0.220 e. The molecule has 1 nitrogen and oxygen atoms in total.